The lowest BCUT2D eigenvalue weighted by atomic mass is 10.2. The number of benzene rings is 1. The van der Waals surface area contributed by atoms with Crippen molar-refractivity contribution in [3.8, 4) is 0 Å². The smallest absolute Gasteiger partial charge is 0.242 e. The van der Waals surface area contributed by atoms with Crippen molar-refractivity contribution in [3.05, 3.63) is 36.5 Å². The Balaban J connectivity index is 0.00000243. The molecule has 7 heteroatoms. The zero-order chi connectivity index (χ0) is 17.5. The molecule has 0 saturated heterocycles. The Morgan fingerprint density at radius 1 is 1.23 bits per heavy atom. The van der Waals surface area contributed by atoms with Crippen molar-refractivity contribution in [1.29, 1.82) is 0 Å². The van der Waals surface area contributed by atoms with Gasteiger partial charge >= 0.3 is 0 Å². The molecule has 6 nitrogen and oxygen atoms in total. The van der Waals surface area contributed by atoms with Gasteiger partial charge in [0.1, 0.15) is 6.54 Å². The molecule has 1 saturated carbocycles. The number of nitrogens with zero attached hydrogens (tertiary/aromatic N) is 2. The minimum Gasteiger partial charge on any atom is -0.357 e. The lowest BCUT2D eigenvalue weighted by molar-refractivity contribution is -0.119. The minimum absolute atomic E-state index is 0. The number of carbonyl (C=O) groups is 1. The molecule has 3 rings (SSSR count). The van der Waals surface area contributed by atoms with Gasteiger partial charge in [-0.3, -0.25) is 4.79 Å². The van der Waals surface area contributed by atoms with Gasteiger partial charge in [0.05, 0.1) is 0 Å². The third kappa shape index (κ3) is 6.19. The summed E-state index contributed by atoms with van der Waals surface area (Å²) < 4.78 is 2.27. The predicted molar refractivity (Wildman–Crippen MR) is 117 cm³/mol. The number of halogens is 1. The second kappa shape index (κ2) is 10.4. The van der Waals surface area contributed by atoms with Gasteiger partial charge in [-0.05, 0) is 43.7 Å². The van der Waals surface area contributed by atoms with E-state index in [1.54, 1.807) is 0 Å². The summed E-state index contributed by atoms with van der Waals surface area (Å²) in [7, 11) is 0. The summed E-state index contributed by atoms with van der Waals surface area (Å²) >= 11 is 0. The number of aromatic nitrogens is 1. The first kappa shape index (κ1) is 20.5. The lowest BCUT2D eigenvalue weighted by Gasteiger charge is -2.12. The fourth-order valence-electron chi connectivity index (χ4n) is 2.79. The Kier molecular flexibility index (Phi) is 8.21. The van der Waals surface area contributed by atoms with Crippen LogP contribution in [0.25, 0.3) is 10.9 Å². The molecule has 0 atom stereocenters. The summed E-state index contributed by atoms with van der Waals surface area (Å²) in [6.07, 6.45) is 5.31. The molecule has 1 fully saturated rings. The maximum Gasteiger partial charge on any atom is 0.242 e. The van der Waals surface area contributed by atoms with Crippen molar-refractivity contribution < 1.29 is 4.79 Å². The molecule has 3 N–H and O–H groups in total. The minimum atomic E-state index is -0.00138. The Morgan fingerprint density at radius 3 is 2.81 bits per heavy atom. The molecule has 0 unspecified atom stereocenters. The second-order valence-corrected chi connectivity index (χ2v) is 6.39. The molecule has 1 heterocycles. The summed E-state index contributed by atoms with van der Waals surface area (Å²) in [6.45, 7) is 4.73. The van der Waals surface area contributed by atoms with E-state index in [9.17, 15) is 4.79 Å². The van der Waals surface area contributed by atoms with Crippen molar-refractivity contribution in [2.45, 2.75) is 38.8 Å². The molecular formula is C19H28IN5O. The van der Waals surface area contributed by atoms with Gasteiger partial charge in [0.25, 0.3) is 0 Å². The molecule has 0 spiro atoms. The fraction of sp³-hybridized carbons (Fsp3) is 0.474. The number of amides is 1. The monoisotopic (exact) mass is 469 g/mol. The zero-order valence-electron chi connectivity index (χ0n) is 15.2. The molecular weight excluding hydrogens is 441 g/mol. The second-order valence-electron chi connectivity index (χ2n) is 6.39. The van der Waals surface area contributed by atoms with Crippen LogP contribution in [0, 0.1) is 0 Å². The van der Waals surface area contributed by atoms with Gasteiger partial charge in [-0.1, -0.05) is 18.2 Å². The van der Waals surface area contributed by atoms with E-state index in [0.29, 0.717) is 12.0 Å². The molecule has 0 radical (unpaired) electrons. The van der Waals surface area contributed by atoms with Crippen LogP contribution in [0.2, 0.25) is 0 Å². The topological polar surface area (TPSA) is 70.4 Å². The maximum atomic E-state index is 11.7. The van der Waals surface area contributed by atoms with Crippen LogP contribution in [0.1, 0.15) is 26.2 Å². The Morgan fingerprint density at radius 2 is 2.04 bits per heavy atom. The highest BCUT2D eigenvalue weighted by atomic mass is 127. The zero-order valence-corrected chi connectivity index (χ0v) is 17.5. The van der Waals surface area contributed by atoms with Gasteiger partial charge in [0.2, 0.25) is 5.91 Å². The highest BCUT2D eigenvalue weighted by molar-refractivity contribution is 14.0. The third-order valence-electron chi connectivity index (χ3n) is 4.22. The molecule has 1 aromatic carbocycles. The van der Waals surface area contributed by atoms with Crippen LogP contribution in [0.5, 0.6) is 0 Å². The number of fused-ring (bicyclic) bond motifs is 1. The van der Waals surface area contributed by atoms with E-state index in [1.807, 2.05) is 6.92 Å². The van der Waals surface area contributed by atoms with Crippen LogP contribution >= 0.6 is 24.0 Å². The highest BCUT2D eigenvalue weighted by Gasteiger charge is 2.22. The van der Waals surface area contributed by atoms with Crippen LogP contribution in [-0.4, -0.2) is 42.1 Å². The molecule has 1 aromatic heterocycles. The van der Waals surface area contributed by atoms with Gasteiger partial charge in [-0.15, -0.1) is 24.0 Å². The van der Waals surface area contributed by atoms with Crippen LogP contribution < -0.4 is 16.0 Å². The number of hydrogen-bond acceptors (Lipinski definition) is 2. The largest absolute Gasteiger partial charge is 0.357 e. The molecule has 1 aliphatic carbocycles. The molecule has 0 bridgehead atoms. The molecule has 26 heavy (non-hydrogen) atoms. The Labute approximate surface area is 171 Å². The number of guanidine groups is 1. The normalized spacial score (nSPS) is 14.0. The lowest BCUT2D eigenvalue weighted by Crippen LogP contribution is -2.39. The summed E-state index contributed by atoms with van der Waals surface area (Å²) in [6, 6.07) is 10.9. The molecule has 1 aliphatic rings. The number of para-hydroxylation sites is 1. The number of aryl methyl sites for hydroxylation is 1. The van der Waals surface area contributed by atoms with Crippen LogP contribution in [0.3, 0.4) is 0 Å². The number of nitrogens with one attached hydrogen (secondary N) is 3. The quantitative estimate of drug-likeness (QED) is 0.241. The first-order valence-corrected chi connectivity index (χ1v) is 9.11. The van der Waals surface area contributed by atoms with E-state index < -0.39 is 0 Å². The first-order valence-electron chi connectivity index (χ1n) is 9.11. The number of hydrogen-bond donors (Lipinski definition) is 3. The summed E-state index contributed by atoms with van der Waals surface area (Å²) in [4.78, 5) is 16.1. The maximum absolute atomic E-state index is 11.7. The standard InChI is InChI=1S/C19H27N5O.HI/c1-2-20-19(22-14-18(25)23-16-8-9-16)21-11-5-12-24-13-10-15-6-3-4-7-17(15)24;/h3-4,6-7,10,13,16H,2,5,8-9,11-12,14H2,1H3,(H,23,25)(H2,20,21,22);1H. The number of aliphatic imine (C=N–C) groups is 1. The SMILES string of the molecule is CCNC(=NCC(=O)NC1CC1)NCCCn1ccc2ccccc21.I. The number of carbonyl (C=O) groups excluding carboxylic acids is 1. The summed E-state index contributed by atoms with van der Waals surface area (Å²) in [5.74, 6) is 0.698. The predicted octanol–water partition coefficient (Wildman–Crippen LogP) is 2.48. The van der Waals surface area contributed by atoms with Crippen molar-refractivity contribution in [2.24, 2.45) is 4.99 Å². The van der Waals surface area contributed by atoms with E-state index in [1.165, 1.54) is 10.9 Å². The third-order valence-corrected chi connectivity index (χ3v) is 4.22. The number of rotatable bonds is 8. The van der Waals surface area contributed by atoms with Crippen LogP contribution in [0.15, 0.2) is 41.5 Å². The average Bonchev–Trinajstić information content (AvgIpc) is 3.34. The van der Waals surface area contributed by atoms with Crippen molar-refractivity contribution in [3.63, 3.8) is 0 Å². The van der Waals surface area contributed by atoms with Crippen molar-refractivity contribution >= 4 is 46.7 Å². The van der Waals surface area contributed by atoms with Gasteiger partial charge in [0, 0.05) is 37.4 Å². The highest BCUT2D eigenvalue weighted by Crippen LogP contribution is 2.18. The van der Waals surface area contributed by atoms with Gasteiger partial charge in [0.15, 0.2) is 5.96 Å². The first-order chi connectivity index (χ1) is 12.3. The molecule has 142 valence electrons. The molecule has 2 aromatic rings. The Hall–Kier alpha value is -1.77. The van der Waals surface area contributed by atoms with E-state index in [-0.39, 0.29) is 36.4 Å². The van der Waals surface area contributed by atoms with Crippen molar-refractivity contribution in [1.82, 2.24) is 20.5 Å². The van der Waals surface area contributed by atoms with Gasteiger partial charge in [-0.25, -0.2) is 4.99 Å². The molecule has 1 amide bonds. The molecule has 0 aliphatic heterocycles. The van der Waals surface area contributed by atoms with Gasteiger partial charge < -0.3 is 20.5 Å². The van der Waals surface area contributed by atoms with E-state index in [2.05, 4.69) is 62.0 Å². The van der Waals surface area contributed by atoms with E-state index >= 15 is 0 Å². The van der Waals surface area contributed by atoms with E-state index in [4.69, 9.17) is 0 Å². The average molecular weight is 469 g/mol. The van der Waals surface area contributed by atoms with Crippen LogP contribution in [-0.2, 0) is 11.3 Å². The Bertz CT molecular complexity index is 738. The van der Waals surface area contributed by atoms with Crippen LogP contribution in [0.4, 0.5) is 0 Å². The van der Waals surface area contributed by atoms with Gasteiger partial charge in [-0.2, -0.15) is 0 Å². The summed E-state index contributed by atoms with van der Waals surface area (Å²) in [5, 5.41) is 10.7. The van der Waals surface area contributed by atoms with E-state index in [0.717, 1.165) is 38.9 Å². The van der Waals surface area contributed by atoms with Crippen molar-refractivity contribution in [2.75, 3.05) is 19.6 Å². The summed E-state index contributed by atoms with van der Waals surface area (Å²) in [5.41, 5.74) is 1.26. The fourth-order valence-corrected chi connectivity index (χ4v) is 2.79.